The normalized spacial score (nSPS) is 19.8. The number of ether oxygens (including phenoxy) is 1. The number of halogens is 3. The zero-order valence-corrected chi connectivity index (χ0v) is 17.0. The highest BCUT2D eigenvalue weighted by atomic mass is 19.4. The number of piperidine rings is 1. The second-order valence-electron chi connectivity index (χ2n) is 7.46. The van der Waals surface area contributed by atoms with Crippen molar-refractivity contribution in [1.29, 1.82) is 0 Å². The van der Waals surface area contributed by atoms with Crippen molar-refractivity contribution in [2.45, 2.75) is 32.4 Å². The highest BCUT2D eigenvalue weighted by molar-refractivity contribution is 5.48. The number of alkyl halides is 3. The lowest BCUT2D eigenvalue weighted by Crippen LogP contribution is -2.38. The molecular weight excluding hydrogens is 377 g/mol. The number of nitrogens with one attached hydrogen (secondary N) is 1. The lowest BCUT2D eigenvalue weighted by molar-refractivity contribution is -0.137. The Morgan fingerprint density at radius 2 is 1.66 bits per heavy atom. The van der Waals surface area contributed by atoms with Crippen molar-refractivity contribution in [2.75, 3.05) is 37.7 Å². The van der Waals surface area contributed by atoms with Crippen molar-refractivity contribution < 1.29 is 17.9 Å². The molecule has 6 heteroatoms. The molecule has 0 saturated carbocycles. The van der Waals surface area contributed by atoms with Crippen molar-refractivity contribution in [1.82, 2.24) is 5.32 Å². The maximum Gasteiger partial charge on any atom is 0.416 e. The van der Waals surface area contributed by atoms with Gasteiger partial charge in [-0.05, 0) is 74.7 Å². The summed E-state index contributed by atoms with van der Waals surface area (Å²) in [6, 6.07) is 13.7. The van der Waals surface area contributed by atoms with E-state index in [1.165, 1.54) is 23.4 Å². The second-order valence-corrected chi connectivity index (χ2v) is 7.46. The van der Waals surface area contributed by atoms with E-state index in [1.807, 2.05) is 0 Å². The molecule has 0 bridgehead atoms. The predicted octanol–water partition coefficient (Wildman–Crippen LogP) is 5.32. The van der Waals surface area contributed by atoms with E-state index in [0.29, 0.717) is 18.3 Å². The van der Waals surface area contributed by atoms with Gasteiger partial charge in [0.05, 0.1) is 12.2 Å². The van der Waals surface area contributed by atoms with E-state index in [2.05, 4.69) is 48.3 Å². The number of nitrogens with zero attached hydrogens (tertiary/aromatic N) is 1. The topological polar surface area (TPSA) is 24.5 Å². The van der Waals surface area contributed by atoms with Crippen molar-refractivity contribution >= 4 is 5.69 Å². The number of hydrogen-bond donors (Lipinski definition) is 1. The van der Waals surface area contributed by atoms with Gasteiger partial charge in [0.25, 0.3) is 0 Å². The van der Waals surface area contributed by atoms with Gasteiger partial charge in [-0.3, -0.25) is 0 Å². The van der Waals surface area contributed by atoms with Gasteiger partial charge in [-0.1, -0.05) is 12.1 Å². The van der Waals surface area contributed by atoms with Crippen LogP contribution in [0.4, 0.5) is 18.9 Å². The summed E-state index contributed by atoms with van der Waals surface area (Å²) in [5.41, 5.74) is 1.86. The van der Waals surface area contributed by atoms with Crippen LogP contribution in [0.15, 0.2) is 48.5 Å². The first-order valence-electron chi connectivity index (χ1n) is 10.3. The Hall–Kier alpha value is -2.21. The van der Waals surface area contributed by atoms with Gasteiger partial charge in [0.2, 0.25) is 0 Å². The molecule has 1 heterocycles. The van der Waals surface area contributed by atoms with E-state index >= 15 is 0 Å². The smallest absolute Gasteiger partial charge is 0.416 e. The second kappa shape index (κ2) is 9.53. The van der Waals surface area contributed by atoms with Gasteiger partial charge in [0.15, 0.2) is 0 Å². The van der Waals surface area contributed by atoms with Gasteiger partial charge < -0.3 is 15.0 Å². The molecule has 2 aromatic rings. The number of anilines is 1. The highest BCUT2D eigenvalue weighted by Crippen LogP contribution is 2.33. The summed E-state index contributed by atoms with van der Waals surface area (Å²) in [5.74, 6) is 1.11. The van der Waals surface area contributed by atoms with Gasteiger partial charge in [-0.2, -0.15) is 13.2 Å². The van der Waals surface area contributed by atoms with Crippen molar-refractivity contribution in [3.8, 4) is 5.75 Å². The molecule has 1 saturated heterocycles. The van der Waals surface area contributed by atoms with Crippen LogP contribution < -0.4 is 15.0 Å². The molecule has 2 aromatic carbocycles. The molecule has 3 nitrogen and oxygen atoms in total. The molecule has 1 aliphatic heterocycles. The average molecular weight is 406 g/mol. The third-order valence-electron chi connectivity index (χ3n) is 5.70. The van der Waals surface area contributed by atoms with Crippen LogP contribution in [0.1, 0.15) is 37.3 Å². The molecule has 0 amide bonds. The standard InChI is InChI=1S/C23H29F3N2O/c1-3-28(4-2)20-9-5-17(6-10-20)22-13-14-27-15-18(22)16-29-21-11-7-19(8-12-21)23(24,25)26/h5-12,18,22,27H,3-4,13-16H2,1-2H3/t18-,22-/m1/s1. The molecule has 1 aliphatic rings. The molecule has 3 rings (SSSR count). The van der Waals surface area contributed by atoms with Gasteiger partial charge in [0.1, 0.15) is 5.75 Å². The van der Waals surface area contributed by atoms with Crippen LogP contribution in [0.5, 0.6) is 5.75 Å². The van der Waals surface area contributed by atoms with Crippen LogP contribution in [0.3, 0.4) is 0 Å². The summed E-state index contributed by atoms with van der Waals surface area (Å²) in [6.45, 7) is 8.53. The van der Waals surface area contributed by atoms with Crippen molar-refractivity contribution in [3.05, 3.63) is 59.7 Å². The predicted molar refractivity (Wildman–Crippen MR) is 111 cm³/mol. The average Bonchev–Trinajstić information content (AvgIpc) is 2.73. The molecule has 0 aromatic heterocycles. The Labute approximate surface area is 170 Å². The van der Waals surface area contributed by atoms with Crippen LogP contribution in [-0.4, -0.2) is 32.8 Å². The molecule has 29 heavy (non-hydrogen) atoms. The first kappa shape index (κ1) is 21.5. The van der Waals surface area contributed by atoms with E-state index in [9.17, 15) is 13.2 Å². The van der Waals surface area contributed by atoms with Gasteiger partial charge in [-0.25, -0.2) is 0 Å². The molecule has 2 atom stereocenters. The molecule has 158 valence electrons. The van der Waals surface area contributed by atoms with E-state index in [4.69, 9.17) is 4.74 Å². The molecule has 0 unspecified atom stereocenters. The fourth-order valence-corrected chi connectivity index (χ4v) is 4.00. The first-order chi connectivity index (χ1) is 13.9. The number of benzene rings is 2. The van der Waals surface area contributed by atoms with Crippen molar-refractivity contribution in [2.24, 2.45) is 5.92 Å². The lowest BCUT2D eigenvalue weighted by atomic mass is 9.81. The van der Waals surface area contributed by atoms with E-state index < -0.39 is 11.7 Å². The zero-order valence-electron chi connectivity index (χ0n) is 17.0. The van der Waals surface area contributed by atoms with Crippen LogP contribution >= 0.6 is 0 Å². The summed E-state index contributed by atoms with van der Waals surface area (Å²) < 4.78 is 44.0. The number of hydrogen-bond acceptors (Lipinski definition) is 3. The minimum absolute atomic E-state index is 0.269. The Bertz CT molecular complexity index is 755. The summed E-state index contributed by atoms with van der Waals surface area (Å²) in [7, 11) is 0. The van der Waals surface area contributed by atoms with Gasteiger partial charge in [0, 0.05) is 31.2 Å². The molecular formula is C23H29F3N2O. The van der Waals surface area contributed by atoms with Crippen molar-refractivity contribution in [3.63, 3.8) is 0 Å². The Balaban J connectivity index is 1.65. The fraction of sp³-hybridized carbons (Fsp3) is 0.478. The monoisotopic (exact) mass is 406 g/mol. The molecule has 0 spiro atoms. The molecule has 1 N–H and O–H groups in total. The summed E-state index contributed by atoms with van der Waals surface area (Å²) in [6.07, 6.45) is -3.31. The Kier molecular flexibility index (Phi) is 7.06. The van der Waals surface area contributed by atoms with Crippen LogP contribution in [-0.2, 0) is 6.18 Å². The van der Waals surface area contributed by atoms with Gasteiger partial charge >= 0.3 is 6.18 Å². The van der Waals surface area contributed by atoms with E-state index in [1.54, 1.807) is 0 Å². The van der Waals surface area contributed by atoms with E-state index in [0.717, 1.165) is 44.7 Å². The van der Waals surface area contributed by atoms with Gasteiger partial charge in [-0.15, -0.1) is 0 Å². The highest BCUT2D eigenvalue weighted by Gasteiger charge is 2.30. The first-order valence-corrected chi connectivity index (χ1v) is 10.3. The SMILES string of the molecule is CCN(CC)c1ccc([C@H]2CCNC[C@@H]2COc2ccc(C(F)(F)F)cc2)cc1. The Morgan fingerprint density at radius 1 is 1.00 bits per heavy atom. The molecule has 0 aliphatic carbocycles. The maximum absolute atomic E-state index is 12.7. The summed E-state index contributed by atoms with van der Waals surface area (Å²) in [4.78, 5) is 2.32. The van der Waals surface area contributed by atoms with Crippen LogP contribution in [0.2, 0.25) is 0 Å². The third-order valence-corrected chi connectivity index (χ3v) is 5.70. The lowest BCUT2D eigenvalue weighted by Gasteiger charge is -2.33. The van der Waals surface area contributed by atoms with E-state index in [-0.39, 0.29) is 5.92 Å². The minimum atomic E-state index is -4.33. The largest absolute Gasteiger partial charge is 0.493 e. The summed E-state index contributed by atoms with van der Waals surface area (Å²) in [5, 5.41) is 3.41. The van der Waals surface area contributed by atoms with Crippen LogP contribution in [0, 0.1) is 5.92 Å². The zero-order chi connectivity index (χ0) is 20.9. The third kappa shape index (κ3) is 5.44. The quantitative estimate of drug-likeness (QED) is 0.673. The maximum atomic E-state index is 12.7. The fourth-order valence-electron chi connectivity index (χ4n) is 4.00. The minimum Gasteiger partial charge on any atom is -0.493 e. The van der Waals surface area contributed by atoms with Crippen LogP contribution in [0.25, 0.3) is 0 Å². The summed E-state index contributed by atoms with van der Waals surface area (Å²) >= 11 is 0. The Morgan fingerprint density at radius 3 is 2.24 bits per heavy atom. The molecule has 1 fully saturated rings. The number of rotatable bonds is 7. The molecule has 0 radical (unpaired) electrons.